The summed E-state index contributed by atoms with van der Waals surface area (Å²) < 4.78 is 3.73. The van der Waals surface area contributed by atoms with Gasteiger partial charge >= 0.3 is 0 Å². The molecule has 27 heavy (non-hydrogen) atoms. The SMILES string of the molecule is CCN(CC)CCn1cc(NC(=O)c2cc(C3CC3)nn2C(C)(C)C)cn1. The molecule has 3 rings (SSSR count). The standard InChI is InChI=1S/C20H32N6O/c1-6-24(7-2)10-11-25-14-16(13-21-25)22-19(27)18-12-17(15-8-9-15)23-26(18)20(3,4)5/h12-15H,6-11H2,1-5H3,(H,22,27). The van der Waals surface area contributed by atoms with Crippen LogP contribution in [-0.4, -0.2) is 50.0 Å². The molecule has 1 amide bonds. The van der Waals surface area contributed by atoms with Crippen molar-refractivity contribution in [1.82, 2.24) is 24.5 Å². The van der Waals surface area contributed by atoms with Gasteiger partial charge in [-0.1, -0.05) is 13.8 Å². The summed E-state index contributed by atoms with van der Waals surface area (Å²) in [7, 11) is 0. The van der Waals surface area contributed by atoms with Crippen LogP contribution in [0, 0.1) is 0 Å². The summed E-state index contributed by atoms with van der Waals surface area (Å²) in [6, 6.07) is 1.95. The molecule has 2 heterocycles. The van der Waals surface area contributed by atoms with E-state index in [1.165, 1.54) is 12.8 Å². The average molecular weight is 373 g/mol. The largest absolute Gasteiger partial charge is 0.318 e. The highest BCUT2D eigenvalue weighted by Crippen LogP contribution is 2.40. The quantitative estimate of drug-likeness (QED) is 0.772. The summed E-state index contributed by atoms with van der Waals surface area (Å²) in [6.45, 7) is 14.3. The van der Waals surface area contributed by atoms with E-state index >= 15 is 0 Å². The van der Waals surface area contributed by atoms with Gasteiger partial charge in [-0.15, -0.1) is 0 Å². The lowest BCUT2D eigenvalue weighted by atomic mass is 10.1. The van der Waals surface area contributed by atoms with Crippen LogP contribution in [-0.2, 0) is 12.1 Å². The van der Waals surface area contributed by atoms with E-state index in [0.717, 1.165) is 31.9 Å². The number of nitrogens with one attached hydrogen (secondary N) is 1. The van der Waals surface area contributed by atoms with Crippen LogP contribution >= 0.6 is 0 Å². The van der Waals surface area contributed by atoms with E-state index in [1.807, 2.05) is 21.6 Å². The number of carbonyl (C=O) groups is 1. The van der Waals surface area contributed by atoms with Crippen molar-refractivity contribution in [2.75, 3.05) is 25.0 Å². The molecule has 0 aliphatic heterocycles. The summed E-state index contributed by atoms with van der Waals surface area (Å²) in [4.78, 5) is 15.2. The van der Waals surface area contributed by atoms with Gasteiger partial charge in [0.05, 0.1) is 29.7 Å². The predicted molar refractivity (Wildman–Crippen MR) is 107 cm³/mol. The fourth-order valence-electron chi connectivity index (χ4n) is 3.18. The molecule has 0 unspecified atom stereocenters. The van der Waals surface area contributed by atoms with Gasteiger partial charge in [0, 0.05) is 18.7 Å². The summed E-state index contributed by atoms with van der Waals surface area (Å²) in [5, 5.41) is 12.1. The lowest BCUT2D eigenvalue weighted by Crippen LogP contribution is -2.29. The first-order valence-corrected chi connectivity index (χ1v) is 9.98. The van der Waals surface area contributed by atoms with Gasteiger partial charge in [0.2, 0.25) is 0 Å². The number of nitrogens with zero attached hydrogens (tertiary/aromatic N) is 5. The number of hydrogen-bond acceptors (Lipinski definition) is 4. The minimum absolute atomic E-state index is 0.132. The van der Waals surface area contributed by atoms with E-state index in [0.29, 0.717) is 17.3 Å². The normalized spacial score (nSPS) is 14.7. The Balaban J connectivity index is 1.69. The van der Waals surface area contributed by atoms with Gasteiger partial charge < -0.3 is 10.2 Å². The molecule has 1 fully saturated rings. The maximum absolute atomic E-state index is 12.9. The number of amides is 1. The third-order valence-corrected chi connectivity index (χ3v) is 5.02. The molecule has 7 heteroatoms. The first-order chi connectivity index (χ1) is 12.8. The van der Waals surface area contributed by atoms with Crippen molar-refractivity contribution in [2.24, 2.45) is 0 Å². The van der Waals surface area contributed by atoms with Gasteiger partial charge in [-0.25, -0.2) is 0 Å². The van der Waals surface area contributed by atoms with Crippen LogP contribution in [0.5, 0.6) is 0 Å². The van der Waals surface area contributed by atoms with E-state index in [1.54, 1.807) is 6.20 Å². The first kappa shape index (κ1) is 19.6. The van der Waals surface area contributed by atoms with Crippen molar-refractivity contribution in [3.8, 4) is 0 Å². The second-order valence-corrected chi connectivity index (χ2v) is 8.28. The second-order valence-electron chi connectivity index (χ2n) is 8.28. The molecule has 0 radical (unpaired) electrons. The molecule has 1 aliphatic carbocycles. The highest BCUT2D eigenvalue weighted by molar-refractivity contribution is 6.03. The summed E-state index contributed by atoms with van der Waals surface area (Å²) in [6.07, 6.45) is 5.93. The minimum Gasteiger partial charge on any atom is -0.318 e. The molecule has 1 aliphatic rings. The Hall–Kier alpha value is -2.15. The molecule has 7 nitrogen and oxygen atoms in total. The Morgan fingerprint density at radius 1 is 1.30 bits per heavy atom. The Morgan fingerprint density at radius 3 is 2.59 bits per heavy atom. The predicted octanol–water partition coefficient (Wildman–Crippen LogP) is 3.31. The number of aromatic nitrogens is 4. The molecule has 1 N–H and O–H groups in total. The Kier molecular flexibility index (Phi) is 5.69. The van der Waals surface area contributed by atoms with Crippen molar-refractivity contribution in [1.29, 1.82) is 0 Å². The van der Waals surface area contributed by atoms with E-state index in [9.17, 15) is 4.79 Å². The van der Waals surface area contributed by atoms with E-state index in [4.69, 9.17) is 5.10 Å². The first-order valence-electron chi connectivity index (χ1n) is 9.98. The van der Waals surface area contributed by atoms with Crippen LogP contribution in [0.2, 0.25) is 0 Å². The van der Waals surface area contributed by atoms with Crippen LogP contribution in [0.1, 0.15) is 69.6 Å². The number of rotatable bonds is 8. The molecule has 0 bridgehead atoms. The monoisotopic (exact) mass is 372 g/mol. The highest BCUT2D eigenvalue weighted by atomic mass is 16.2. The molecule has 0 spiro atoms. The van der Waals surface area contributed by atoms with Crippen LogP contribution in [0.4, 0.5) is 5.69 Å². The summed E-state index contributed by atoms with van der Waals surface area (Å²) in [5.41, 5.74) is 2.12. The molecule has 0 atom stereocenters. The summed E-state index contributed by atoms with van der Waals surface area (Å²) >= 11 is 0. The molecule has 2 aromatic rings. The zero-order chi connectivity index (χ0) is 19.6. The number of anilines is 1. The van der Waals surface area contributed by atoms with Gasteiger partial charge in [-0.3, -0.25) is 14.2 Å². The van der Waals surface area contributed by atoms with Crippen molar-refractivity contribution in [3.05, 3.63) is 29.8 Å². The van der Waals surface area contributed by atoms with E-state index < -0.39 is 0 Å². The van der Waals surface area contributed by atoms with Gasteiger partial charge in [0.1, 0.15) is 5.69 Å². The minimum atomic E-state index is -0.242. The average Bonchev–Trinajstić information content (AvgIpc) is 3.19. The van der Waals surface area contributed by atoms with Crippen molar-refractivity contribution < 1.29 is 4.79 Å². The smallest absolute Gasteiger partial charge is 0.274 e. The zero-order valence-corrected chi connectivity index (χ0v) is 17.2. The van der Waals surface area contributed by atoms with Crippen LogP contribution in [0.3, 0.4) is 0 Å². The van der Waals surface area contributed by atoms with Gasteiger partial charge in [0.15, 0.2) is 0 Å². The lowest BCUT2D eigenvalue weighted by molar-refractivity contribution is 0.100. The van der Waals surface area contributed by atoms with Crippen LogP contribution < -0.4 is 5.32 Å². The third-order valence-electron chi connectivity index (χ3n) is 5.02. The zero-order valence-electron chi connectivity index (χ0n) is 17.2. The molecular weight excluding hydrogens is 340 g/mol. The lowest BCUT2D eigenvalue weighted by Gasteiger charge is -2.21. The van der Waals surface area contributed by atoms with Crippen molar-refractivity contribution in [3.63, 3.8) is 0 Å². The van der Waals surface area contributed by atoms with Crippen LogP contribution in [0.25, 0.3) is 0 Å². The van der Waals surface area contributed by atoms with Gasteiger partial charge in [-0.05, 0) is 52.8 Å². The fourth-order valence-corrected chi connectivity index (χ4v) is 3.18. The van der Waals surface area contributed by atoms with Crippen molar-refractivity contribution >= 4 is 11.6 Å². The molecule has 0 saturated heterocycles. The Bertz CT molecular complexity index is 777. The number of likely N-dealkylation sites (N-methyl/N-ethyl adjacent to an activating group) is 1. The third kappa shape index (κ3) is 4.77. The molecule has 148 valence electrons. The molecular formula is C20H32N6O. The van der Waals surface area contributed by atoms with E-state index in [2.05, 4.69) is 49.9 Å². The fraction of sp³-hybridized carbons (Fsp3) is 0.650. The van der Waals surface area contributed by atoms with Gasteiger partial charge in [0.25, 0.3) is 5.91 Å². The topological polar surface area (TPSA) is 68.0 Å². The van der Waals surface area contributed by atoms with Crippen LogP contribution in [0.15, 0.2) is 18.5 Å². The number of carbonyl (C=O) groups excluding carboxylic acids is 1. The molecule has 2 aromatic heterocycles. The van der Waals surface area contributed by atoms with Crippen molar-refractivity contribution in [2.45, 2.75) is 65.5 Å². The molecule has 1 saturated carbocycles. The van der Waals surface area contributed by atoms with Gasteiger partial charge in [-0.2, -0.15) is 10.2 Å². The van der Waals surface area contributed by atoms with E-state index in [-0.39, 0.29) is 11.4 Å². The maximum atomic E-state index is 12.9. The Morgan fingerprint density at radius 2 is 2.00 bits per heavy atom. The molecule has 0 aromatic carbocycles. The Labute approximate surface area is 161 Å². The summed E-state index contributed by atoms with van der Waals surface area (Å²) in [5.74, 6) is 0.385. The maximum Gasteiger partial charge on any atom is 0.274 e. The highest BCUT2D eigenvalue weighted by Gasteiger charge is 2.31. The second kappa shape index (κ2) is 7.84. The number of hydrogen-bond donors (Lipinski definition) is 1.